The van der Waals surface area contributed by atoms with Crippen molar-refractivity contribution in [2.24, 2.45) is 0 Å². The lowest BCUT2D eigenvalue weighted by Gasteiger charge is -2.34. The molecule has 6 nitrogen and oxygen atoms in total. The van der Waals surface area contributed by atoms with Crippen LogP contribution >= 0.6 is 0 Å². The molecule has 1 saturated heterocycles. The monoisotopic (exact) mass is 402 g/mol. The minimum atomic E-state index is -3.62. The third kappa shape index (κ3) is 4.60. The van der Waals surface area contributed by atoms with Crippen molar-refractivity contribution in [1.82, 2.24) is 4.31 Å². The van der Waals surface area contributed by atoms with Gasteiger partial charge >= 0.3 is 0 Å². The second-order valence-corrected chi connectivity index (χ2v) is 9.05. The number of morpholine rings is 1. The van der Waals surface area contributed by atoms with Crippen LogP contribution in [0.5, 0.6) is 0 Å². The Labute approximate surface area is 166 Å². The fourth-order valence-corrected chi connectivity index (χ4v) is 4.87. The zero-order chi connectivity index (χ0) is 20.3. The van der Waals surface area contributed by atoms with Crippen LogP contribution in [0.25, 0.3) is 0 Å². The molecule has 3 rings (SSSR count). The Balaban J connectivity index is 1.72. The standard InChI is InChI=1S/C21H26N2O4S/c1-4-17-5-9-19(10-6-17)22-21(24)18-7-11-20(12-8-18)28(25,26)23-13-15(2)27-16(3)14-23/h5-12,15-16H,4,13-14H2,1-3H3,(H,22,24). The fraction of sp³-hybridized carbons (Fsp3) is 0.381. The molecule has 1 heterocycles. The van der Waals surface area contributed by atoms with E-state index in [4.69, 9.17) is 4.74 Å². The highest BCUT2D eigenvalue weighted by molar-refractivity contribution is 7.89. The molecule has 0 aromatic heterocycles. The van der Waals surface area contributed by atoms with Crippen molar-refractivity contribution in [2.75, 3.05) is 18.4 Å². The van der Waals surface area contributed by atoms with E-state index in [1.807, 2.05) is 38.1 Å². The first-order valence-electron chi connectivity index (χ1n) is 9.45. The summed E-state index contributed by atoms with van der Waals surface area (Å²) in [5, 5.41) is 2.83. The molecule has 0 radical (unpaired) electrons. The van der Waals surface area contributed by atoms with Gasteiger partial charge in [-0.2, -0.15) is 4.31 Å². The number of ether oxygens (including phenoxy) is 1. The lowest BCUT2D eigenvalue weighted by molar-refractivity contribution is -0.0440. The summed E-state index contributed by atoms with van der Waals surface area (Å²) in [4.78, 5) is 12.6. The van der Waals surface area contributed by atoms with Gasteiger partial charge in [-0.05, 0) is 62.2 Å². The number of hydrogen-bond acceptors (Lipinski definition) is 4. The highest BCUT2D eigenvalue weighted by Gasteiger charge is 2.32. The van der Waals surface area contributed by atoms with Crippen LogP contribution in [0.2, 0.25) is 0 Å². The number of nitrogens with zero attached hydrogens (tertiary/aromatic N) is 1. The number of hydrogen-bond donors (Lipinski definition) is 1. The molecule has 7 heteroatoms. The molecule has 0 bridgehead atoms. The van der Waals surface area contributed by atoms with Gasteiger partial charge < -0.3 is 10.1 Å². The van der Waals surface area contributed by atoms with Gasteiger partial charge in [0, 0.05) is 24.3 Å². The van der Waals surface area contributed by atoms with Gasteiger partial charge in [-0.1, -0.05) is 19.1 Å². The molecule has 1 aliphatic rings. The van der Waals surface area contributed by atoms with Crippen LogP contribution in [0.4, 0.5) is 5.69 Å². The number of rotatable bonds is 5. The molecule has 1 N–H and O–H groups in total. The van der Waals surface area contributed by atoms with E-state index in [1.54, 1.807) is 0 Å². The SMILES string of the molecule is CCc1ccc(NC(=O)c2ccc(S(=O)(=O)N3CC(C)OC(C)C3)cc2)cc1. The molecule has 2 atom stereocenters. The topological polar surface area (TPSA) is 75.7 Å². The summed E-state index contributed by atoms with van der Waals surface area (Å²) in [5.74, 6) is -0.276. The normalized spacial score (nSPS) is 20.7. The van der Waals surface area contributed by atoms with E-state index < -0.39 is 10.0 Å². The first-order valence-corrected chi connectivity index (χ1v) is 10.9. The molecule has 1 fully saturated rings. The van der Waals surface area contributed by atoms with Crippen LogP contribution in [0, 0.1) is 0 Å². The van der Waals surface area contributed by atoms with Crippen LogP contribution in [0.1, 0.15) is 36.7 Å². The van der Waals surface area contributed by atoms with Gasteiger partial charge in [0.05, 0.1) is 17.1 Å². The predicted octanol–water partition coefficient (Wildman–Crippen LogP) is 3.30. The minimum absolute atomic E-state index is 0.150. The number of amides is 1. The smallest absolute Gasteiger partial charge is 0.255 e. The highest BCUT2D eigenvalue weighted by atomic mass is 32.2. The van der Waals surface area contributed by atoms with Crippen molar-refractivity contribution < 1.29 is 17.9 Å². The summed E-state index contributed by atoms with van der Waals surface area (Å²) in [5.41, 5.74) is 2.30. The van der Waals surface area contributed by atoms with E-state index in [0.717, 1.165) is 6.42 Å². The molecular weight excluding hydrogens is 376 g/mol. The average molecular weight is 403 g/mol. The van der Waals surface area contributed by atoms with Gasteiger partial charge in [-0.15, -0.1) is 0 Å². The quantitative estimate of drug-likeness (QED) is 0.833. The number of aryl methyl sites for hydroxylation is 1. The van der Waals surface area contributed by atoms with E-state index in [0.29, 0.717) is 24.3 Å². The van der Waals surface area contributed by atoms with Gasteiger partial charge in [0.15, 0.2) is 0 Å². The number of sulfonamides is 1. The molecule has 0 aliphatic carbocycles. The summed E-state index contributed by atoms with van der Waals surface area (Å²) in [7, 11) is -3.62. The number of carbonyl (C=O) groups excluding carboxylic acids is 1. The molecule has 2 aromatic rings. The van der Waals surface area contributed by atoms with E-state index in [1.165, 1.54) is 34.1 Å². The summed E-state index contributed by atoms with van der Waals surface area (Å²) in [6.07, 6.45) is 0.635. The van der Waals surface area contributed by atoms with Crippen molar-refractivity contribution in [1.29, 1.82) is 0 Å². The highest BCUT2D eigenvalue weighted by Crippen LogP contribution is 2.22. The van der Waals surface area contributed by atoms with Crippen molar-refractivity contribution in [2.45, 2.75) is 44.3 Å². The lowest BCUT2D eigenvalue weighted by atomic mass is 10.1. The molecular formula is C21H26N2O4S. The van der Waals surface area contributed by atoms with Crippen LogP contribution in [-0.4, -0.2) is 43.9 Å². The molecule has 1 aliphatic heterocycles. The Kier molecular flexibility index (Phi) is 6.17. The Morgan fingerprint density at radius 3 is 2.14 bits per heavy atom. The van der Waals surface area contributed by atoms with Gasteiger partial charge in [-0.3, -0.25) is 4.79 Å². The van der Waals surface area contributed by atoms with E-state index in [2.05, 4.69) is 12.2 Å². The number of carbonyl (C=O) groups is 1. The summed E-state index contributed by atoms with van der Waals surface area (Å²) in [6, 6.07) is 13.7. The molecule has 0 saturated carbocycles. The zero-order valence-corrected chi connectivity index (χ0v) is 17.2. The largest absolute Gasteiger partial charge is 0.373 e. The molecule has 2 unspecified atom stereocenters. The Bertz CT molecular complexity index is 914. The van der Waals surface area contributed by atoms with Crippen molar-refractivity contribution in [3.05, 3.63) is 59.7 Å². The van der Waals surface area contributed by atoms with Gasteiger partial charge in [-0.25, -0.2) is 8.42 Å². The van der Waals surface area contributed by atoms with E-state index >= 15 is 0 Å². The van der Waals surface area contributed by atoms with Gasteiger partial charge in [0.2, 0.25) is 10.0 Å². The number of anilines is 1. The van der Waals surface area contributed by atoms with Crippen molar-refractivity contribution >= 4 is 21.6 Å². The van der Waals surface area contributed by atoms with Crippen LogP contribution in [0.15, 0.2) is 53.4 Å². The molecule has 2 aromatic carbocycles. The Morgan fingerprint density at radius 1 is 1.04 bits per heavy atom. The molecule has 0 spiro atoms. The molecule has 150 valence electrons. The summed E-state index contributed by atoms with van der Waals surface area (Å²) in [6.45, 7) is 6.43. The number of nitrogens with one attached hydrogen (secondary N) is 1. The van der Waals surface area contributed by atoms with E-state index in [9.17, 15) is 13.2 Å². The van der Waals surface area contributed by atoms with Crippen molar-refractivity contribution in [3.8, 4) is 0 Å². The zero-order valence-electron chi connectivity index (χ0n) is 16.4. The van der Waals surface area contributed by atoms with Gasteiger partial charge in [0.1, 0.15) is 0 Å². The minimum Gasteiger partial charge on any atom is -0.373 e. The molecule has 1 amide bonds. The van der Waals surface area contributed by atoms with Crippen LogP contribution in [-0.2, 0) is 21.2 Å². The fourth-order valence-electron chi connectivity index (χ4n) is 3.28. The Hall–Kier alpha value is -2.22. The van der Waals surface area contributed by atoms with E-state index in [-0.39, 0.29) is 23.0 Å². The third-order valence-electron chi connectivity index (χ3n) is 4.76. The third-order valence-corrected chi connectivity index (χ3v) is 6.61. The maximum absolute atomic E-state index is 12.9. The second kappa shape index (κ2) is 8.43. The van der Waals surface area contributed by atoms with Crippen LogP contribution < -0.4 is 5.32 Å². The van der Waals surface area contributed by atoms with Crippen LogP contribution in [0.3, 0.4) is 0 Å². The second-order valence-electron chi connectivity index (χ2n) is 7.11. The maximum atomic E-state index is 12.9. The Morgan fingerprint density at radius 2 is 1.61 bits per heavy atom. The first-order chi connectivity index (χ1) is 13.3. The van der Waals surface area contributed by atoms with Crippen molar-refractivity contribution in [3.63, 3.8) is 0 Å². The maximum Gasteiger partial charge on any atom is 0.255 e. The predicted molar refractivity (Wildman–Crippen MR) is 109 cm³/mol. The molecule has 28 heavy (non-hydrogen) atoms. The summed E-state index contributed by atoms with van der Waals surface area (Å²) < 4.78 is 32.8. The lowest BCUT2D eigenvalue weighted by Crippen LogP contribution is -2.48. The number of benzene rings is 2. The average Bonchev–Trinajstić information content (AvgIpc) is 2.68. The first kappa shape index (κ1) is 20.5. The van der Waals surface area contributed by atoms with Gasteiger partial charge in [0.25, 0.3) is 5.91 Å². The summed E-state index contributed by atoms with van der Waals surface area (Å²) >= 11 is 0.